The van der Waals surface area contributed by atoms with E-state index in [0.29, 0.717) is 0 Å². The molecular weight excluding hydrogens is 236 g/mol. The average Bonchev–Trinajstić information content (AvgIpc) is 2.15. The van der Waals surface area contributed by atoms with Crippen molar-refractivity contribution in [1.82, 2.24) is 4.98 Å². The molecule has 1 heterocycles. The van der Waals surface area contributed by atoms with Crippen LogP contribution >= 0.6 is 15.9 Å². The second-order valence-electron chi connectivity index (χ2n) is 2.26. The normalized spacial score (nSPS) is 10.5. The van der Waals surface area contributed by atoms with Gasteiger partial charge in [0.25, 0.3) is 0 Å². The highest BCUT2D eigenvalue weighted by Crippen LogP contribution is 2.08. The zero-order chi connectivity index (χ0) is 9.68. The highest BCUT2D eigenvalue weighted by Gasteiger charge is 2.03. The van der Waals surface area contributed by atoms with Gasteiger partial charge in [0.15, 0.2) is 0 Å². The van der Waals surface area contributed by atoms with E-state index in [1.54, 1.807) is 6.07 Å². The molecule has 0 aliphatic rings. The molecule has 1 aromatic heterocycles. The number of nitro groups is 1. The molecule has 0 bridgehead atoms. The van der Waals surface area contributed by atoms with Gasteiger partial charge < -0.3 is 10.1 Å². The largest absolute Gasteiger partial charge is 0.363 e. The minimum atomic E-state index is -0.516. The van der Waals surface area contributed by atoms with Crippen molar-refractivity contribution in [2.24, 2.45) is 0 Å². The third-order valence-electron chi connectivity index (χ3n) is 1.36. The first-order chi connectivity index (χ1) is 6.24. The monoisotopic (exact) mass is 242 g/mol. The molecule has 0 aromatic carbocycles. The summed E-state index contributed by atoms with van der Waals surface area (Å²) in [5.74, 6) is -0.129. The molecule has 0 N–H and O–H groups in total. The number of nitrogens with zero attached hydrogens (tertiary/aromatic N) is 2. The third kappa shape index (κ3) is 2.95. The summed E-state index contributed by atoms with van der Waals surface area (Å²) in [6.45, 7) is 0. The molecule has 0 amide bonds. The minimum absolute atomic E-state index is 0.129. The van der Waals surface area contributed by atoms with Crippen molar-refractivity contribution in [2.45, 2.75) is 0 Å². The van der Waals surface area contributed by atoms with Crippen molar-refractivity contribution in [1.29, 1.82) is 0 Å². The van der Waals surface area contributed by atoms with Crippen LogP contribution in [0.5, 0.6) is 0 Å². The van der Waals surface area contributed by atoms with E-state index in [-0.39, 0.29) is 5.82 Å². The summed E-state index contributed by atoms with van der Waals surface area (Å²) >= 11 is 3.23. The van der Waals surface area contributed by atoms with Gasteiger partial charge in [-0.15, -0.1) is 0 Å². The molecular formula is C8H7BrN2O2. The molecule has 13 heavy (non-hydrogen) atoms. The number of hydrogen-bond acceptors (Lipinski definition) is 3. The Bertz CT molecular complexity index is 321. The van der Waals surface area contributed by atoms with Crippen molar-refractivity contribution in [3.8, 4) is 0 Å². The van der Waals surface area contributed by atoms with Crippen LogP contribution in [0.15, 0.2) is 24.4 Å². The second-order valence-corrected chi connectivity index (χ2v) is 2.91. The molecule has 0 saturated carbocycles. The first-order valence-corrected chi connectivity index (χ1v) is 4.69. The van der Waals surface area contributed by atoms with Crippen molar-refractivity contribution >= 4 is 27.8 Å². The fourth-order valence-corrected chi connectivity index (χ4v) is 0.972. The second kappa shape index (κ2) is 4.71. The molecule has 0 fully saturated rings. The van der Waals surface area contributed by atoms with Gasteiger partial charge in [0, 0.05) is 17.0 Å². The van der Waals surface area contributed by atoms with Gasteiger partial charge >= 0.3 is 5.82 Å². The highest BCUT2D eigenvalue weighted by atomic mass is 79.9. The molecule has 0 unspecified atom stereocenters. The van der Waals surface area contributed by atoms with E-state index in [9.17, 15) is 10.1 Å². The topological polar surface area (TPSA) is 56.0 Å². The number of hydrogen-bond donors (Lipinski definition) is 0. The standard InChI is InChI=1S/C8H7BrN2O2/c9-5-1-2-7-3-4-8(10-6-7)11(12)13/h1-4,6H,5H2. The maximum Gasteiger partial charge on any atom is 0.363 e. The van der Waals surface area contributed by atoms with Gasteiger partial charge in [0.2, 0.25) is 0 Å². The van der Waals surface area contributed by atoms with Crippen LogP contribution in [0.2, 0.25) is 0 Å². The SMILES string of the molecule is O=[N+]([O-])c1ccc(C=CCBr)cn1. The van der Waals surface area contributed by atoms with Gasteiger partial charge in [-0.3, -0.25) is 0 Å². The summed E-state index contributed by atoms with van der Waals surface area (Å²) in [5, 5.41) is 11.0. The molecule has 5 heteroatoms. The Hall–Kier alpha value is -1.23. The minimum Gasteiger partial charge on any atom is -0.358 e. The van der Waals surface area contributed by atoms with E-state index in [4.69, 9.17) is 0 Å². The summed E-state index contributed by atoms with van der Waals surface area (Å²) in [7, 11) is 0. The van der Waals surface area contributed by atoms with E-state index in [2.05, 4.69) is 20.9 Å². The van der Waals surface area contributed by atoms with E-state index in [1.807, 2.05) is 12.2 Å². The number of pyridine rings is 1. The number of aromatic nitrogens is 1. The Balaban J connectivity index is 2.81. The van der Waals surface area contributed by atoms with Crippen molar-refractivity contribution in [3.63, 3.8) is 0 Å². The molecule has 0 spiro atoms. The Morgan fingerprint density at radius 3 is 2.85 bits per heavy atom. The van der Waals surface area contributed by atoms with Crippen LogP contribution in [0, 0.1) is 10.1 Å². The zero-order valence-corrected chi connectivity index (χ0v) is 8.27. The number of alkyl halides is 1. The van der Waals surface area contributed by atoms with Gasteiger partial charge in [-0.1, -0.05) is 28.1 Å². The van der Waals surface area contributed by atoms with Gasteiger partial charge in [0.05, 0.1) is 0 Å². The molecule has 0 aliphatic carbocycles. The van der Waals surface area contributed by atoms with Crippen LogP contribution in [0.25, 0.3) is 6.08 Å². The molecule has 0 aliphatic heterocycles. The lowest BCUT2D eigenvalue weighted by Gasteiger charge is -1.91. The Labute approximate surface area is 83.6 Å². The van der Waals surface area contributed by atoms with E-state index in [0.717, 1.165) is 10.9 Å². The number of rotatable bonds is 3. The fraction of sp³-hybridized carbons (Fsp3) is 0.125. The maximum atomic E-state index is 10.2. The third-order valence-corrected chi connectivity index (χ3v) is 1.73. The van der Waals surface area contributed by atoms with Crippen LogP contribution in [-0.2, 0) is 0 Å². The molecule has 1 aromatic rings. The fourth-order valence-electron chi connectivity index (χ4n) is 0.785. The summed E-state index contributed by atoms with van der Waals surface area (Å²) in [4.78, 5) is 13.4. The van der Waals surface area contributed by atoms with Gasteiger partial charge in [-0.2, -0.15) is 0 Å². The van der Waals surface area contributed by atoms with Crippen LogP contribution in [0.3, 0.4) is 0 Å². The Morgan fingerprint density at radius 2 is 2.38 bits per heavy atom. The molecule has 0 atom stereocenters. The van der Waals surface area contributed by atoms with Crippen molar-refractivity contribution in [2.75, 3.05) is 5.33 Å². The lowest BCUT2D eigenvalue weighted by atomic mass is 10.2. The summed E-state index contributed by atoms with van der Waals surface area (Å²) in [6, 6.07) is 3.04. The van der Waals surface area contributed by atoms with Crippen LogP contribution in [-0.4, -0.2) is 15.2 Å². The van der Waals surface area contributed by atoms with Crippen LogP contribution in [0.4, 0.5) is 5.82 Å². The summed E-state index contributed by atoms with van der Waals surface area (Å²) < 4.78 is 0. The van der Waals surface area contributed by atoms with Crippen LogP contribution < -0.4 is 0 Å². The predicted octanol–water partition coefficient (Wildman–Crippen LogP) is 2.40. The number of halogens is 1. The van der Waals surface area contributed by atoms with E-state index < -0.39 is 4.92 Å². The first-order valence-electron chi connectivity index (χ1n) is 3.57. The zero-order valence-electron chi connectivity index (χ0n) is 6.68. The lowest BCUT2D eigenvalue weighted by Crippen LogP contribution is -1.90. The quantitative estimate of drug-likeness (QED) is 0.465. The lowest BCUT2D eigenvalue weighted by molar-refractivity contribution is -0.389. The van der Waals surface area contributed by atoms with Gasteiger partial charge in [-0.05, 0) is 16.0 Å². The van der Waals surface area contributed by atoms with Gasteiger partial charge in [0.1, 0.15) is 6.20 Å². The number of allylic oxidation sites excluding steroid dienone is 1. The molecule has 68 valence electrons. The van der Waals surface area contributed by atoms with E-state index >= 15 is 0 Å². The summed E-state index contributed by atoms with van der Waals surface area (Å²) in [5.41, 5.74) is 0.852. The van der Waals surface area contributed by atoms with Crippen LogP contribution in [0.1, 0.15) is 5.56 Å². The average molecular weight is 243 g/mol. The molecule has 1 rings (SSSR count). The van der Waals surface area contributed by atoms with Crippen molar-refractivity contribution < 1.29 is 4.92 Å². The van der Waals surface area contributed by atoms with E-state index in [1.165, 1.54) is 12.3 Å². The van der Waals surface area contributed by atoms with Crippen molar-refractivity contribution in [3.05, 3.63) is 40.1 Å². The Kier molecular flexibility index (Phi) is 3.57. The van der Waals surface area contributed by atoms with Gasteiger partial charge in [-0.25, -0.2) is 0 Å². The molecule has 0 radical (unpaired) electrons. The highest BCUT2D eigenvalue weighted by molar-refractivity contribution is 9.09. The Morgan fingerprint density at radius 1 is 1.62 bits per heavy atom. The molecule has 4 nitrogen and oxygen atoms in total. The smallest absolute Gasteiger partial charge is 0.358 e. The molecule has 0 saturated heterocycles. The predicted molar refractivity (Wildman–Crippen MR) is 53.7 cm³/mol. The summed E-state index contributed by atoms with van der Waals surface area (Å²) in [6.07, 6.45) is 5.20. The first kappa shape index (κ1) is 9.85. The maximum absolute atomic E-state index is 10.2.